The van der Waals surface area contributed by atoms with Gasteiger partial charge in [0.2, 0.25) is 0 Å². The van der Waals surface area contributed by atoms with Crippen molar-refractivity contribution < 1.29 is 9.84 Å². The first-order valence-electron chi connectivity index (χ1n) is 6.26. The van der Waals surface area contributed by atoms with Gasteiger partial charge >= 0.3 is 0 Å². The van der Waals surface area contributed by atoms with Crippen LogP contribution in [0.5, 0.6) is 5.75 Å². The molecule has 96 valence electrons. The average Bonchev–Trinajstić information content (AvgIpc) is 2.37. The van der Waals surface area contributed by atoms with E-state index in [9.17, 15) is 5.11 Å². The van der Waals surface area contributed by atoms with Crippen LogP contribution in [0, 0.1) is 5.92 Å². The molecule has 1 aromatic carbocycles. The molecule has 1 aromatic rings. The van der Waals surface area contributed by atoms with Gasteiger partial charge in [-0.05, 0) is 43.5 Å². The lowest BCUT2D eigenvalue weighted by Gasteiger charge is -2.24. The molecule has 0 saturated carbocycles. The van der Waals surface area contributed by atoms with Crippen molar-refractivity contribution in [3.8, 4) is 5.75 Å². The fourth-order valence-electron chi connectivity index (χ4n) is 1.77. The van der Waals surface area contributed by atoms with Gasteiger partial charge < -0.3 is 14.7 Å². The summed E-state index contributed by atoms with van der Waals surface area (Å²) in [6.45, 7) is 5.90. The zero-order valence-electron chi connectivity index (χ0n) is 11.0. The SMILES string of the molecule is CCOc1ccc(N(C)CC(CC)CO)cc1. The van der Waals surface area contributed by atoms with E-state index in [4.69, 9.17) is 4.74 Å². The normalized spacial score (nSPS) is 12.2. The Balaban J connectivity index is 2.59. The van der Waals surface area contributed by atoms with Crippen LogP contribution in [0.1, 0.15) is 20.3 Å². The van der Waals surface area contributed by atoms with Gasteiger partial charge in [0.05, 0.1) is 6.61 Å². The van der Waals surface area contributed by atoms with E-state index in [1.54, 1.807) is 0 Å². The molecule has 0 fully saturated rings. The van der Waals surface area contributed by atoms with Crippen molar-refractivity contribution in [1.29, 1.82) is 0 Å². The van der Waals surface area contributed by atoms with Crippen LogP contribution in [0.2, 0.25) is 0 Å². The molecule has 1 rings (SSSR count). The monoisotopic (exact) mass is 237 g/mol. The fourth-order valence-corrected chi connectivity index (χ4v) is 1.77. The van der Waals surface area contributed by atoms with Crippen molar-refractivity contribution in [2.45, 2.75) is 20.3 Å². The van der Waals surface area contributed by atoms with E-state index in [1.807, 2.05) is 26.1 Å². The molecule has 0 aliphatic rings. The van der Waals surface area contributed by atoms with Crippen LogP contribution in [0.25, 0.3) is 0 Å². The Hall–Kier alpha value is -1.22. The second-order valence-corrected chi connectivity index (χ2v) is 4.26. The van der Waals surface area contributed by atoms with Gasteiger partial charge in [0, 0.05) is 25.9 Å². The van der Waals surface area contributed by atoms with E-state index >= 15 is 0 Å². The number of hydrogen-bond donors (Lipinski definition) is 1. The van der Waals surface area contributed by atoms with Crippen molar-refractivity contribution >= 4 is 5.69 Å². The largest absolute Gasteiger partial charge is 0.494 e. The third kappa shape index (κ3) is 4.27. The van der Waals surface area contributed by atoms with Gasteiger partial charge in [-0.25, -0.2) is 0 Å². The highest BCUT2D eigenvalue weighted by Crippen LogP contribution is 2.19. The van der Waals surface area contributed by atoms with Crippen molar-refractivity contribution in [1.82, 2.24) is 0 Å². The summed E-state index contributed by atoms with van der Waals surface area (Å²) >= 11 is 0. The molecule has 0 saturated heterocycles. The maximum Gasteiger partial charge on any atom is 0.119 e. The minimum atomic E-state index is 0.248. The van der Waals surface area contributed by atoms with Crippen molar-refractivity contribution in [3.63, 3.8) is 0 Å². The average molecular weight is 237 g/mol. The van der Waals surface area contributed by atoms with Crippen LogP contribution in [0.3, 0.4) is 0 Å². The maximum absolute atomic E-state index is 9.19. The lowest BCUT2D eigenvalue weighted by Crippen LogP contribution is -2.26. The van der Waals surface area contributed by atoms with Gasteiger partial charge in [-0.15, -0.1) is 0 Å². The number of anilines is 1. The highest BCUT2D eigenvalue weighted by atomic mass is 16.5. The molecule has 0 radical (unpaired) electrons. The summed E-state index contributed by atoms with van der Waals surface area (Å²) < 4.78 is 5.41. The van der Waals surface area contributed by atoms with E-state index in [1.165, 1.54) is 0 Å². The van der Waals surface area contributed by atoms with Crippen LogP contribution in [-0.4, -0.2) is 31.9 Å². The highest BCUT2D eigenvalue weighted by molar-refractivity contribution is 5.48. The molecule has 0 bridgehead atoms. The molecule has 0 aromatic heterocycles. The molecule has 0 aliphatic heterocycles. The fraction of sp³-hybridized carbons (Fsp3) is 0.571. The number of hydrogen-bond acceptors (Lipinski definition) is 3. The molecular weight excluding hydrogens is 214 g/mol. The molecule has 0 amide bonds. The third-order valence-electron chi connectivity index (χ3n) is 2.96. The number of aliphatic hydroxyl groups is 1. The first kappa shape index (κ1) is 13.8. The predicted molar refractivity (Wildman–Crippen MR) is 71.7 cm³/mol. The Labute approximate surface area is 104 Å². The summed E-state index contributed by atoms with van der Waals surface area (Å²) in [5, 5.41) is 9.19. The smallest absolute Gasteiger partial charge is 0.119 e. The minimum Gasteiger partial charge on any atom is -0.494 e. The van der Waals surface area contributed by atoms with Crippen molar-refractivity contribution in [2.75, 3.05) is 31.7 Å². The standard InChI is InChI=1S/C14H23NO2/c1-4-12(11-16)10-15(3)13-6-8-14(9-7-13)17-5-2/h6-9,12,16H,4-5,10-11H2,1-3H3. The number of aliphatic hydroxyl groups excluding tert-OH is 1. The number of benzene rings is 1. The zero-order chi connectivity index (χ0) is 12.7. The van der Waals surface area contributed by atoms with Crippen molar-refractivity contribution in [3.05, 3.63) is 24.3 Å². The Kier molecular flexibility index (Phi) is 5.84. The van der Waals surface area contributed by atoms with Gasteiger partial charge in [-0.1, -0.05) is 6.92 Å². The van der Waals surface area contributed by atoms with Crippen LogP contribution in [0.15, 0.2) is 24.3 Å². The van der Waals surface area contributed by atoms with Gasteiger partial charge in [-0.3, -0.25) is 0 Å². The Bertz CT molecular complexity index is 307. The first-order valence-corrected chi connectivity index (χ1v) is 6.26. The summed E-state index contributed by atoms with van der Waals surface area (Å²) in [6, 6.07) is 8.06. The van der Waals surface area contributed by atoms with E-state index in [-0.39, 0.29) is 6.61 Å². The lowest BCUT2D eigenvalue weighted by atomic mass is 10.1. The summed E-state index contributed by atoms with van der Waals surface area (Å²) in [5.74, 6) is 1.24. The third-order valence-corrected chi connectivity index (χ3v) is 2.96. The zero-order valence-corrected chi connectivity index (χ0v) is 11.0. The van der Waals surface area contributed by atoms with E-state index in [2.05, 4.69) is 24.0 Å². The Morgan fingerprint density at radius 3 is 2.35 bits per heavy atom. The van der Waals surface area contributed by atoms with E-state index in [0.29, 0.717) is 12.5 Å². The lowest BCUT2D eigenvalue weighted by molar-refractivity contribution is 0.225. The molecule has 1 atom stereocenters. The summed E-state index contributed by atoms with van der Waals surface area (Å²) in [4.78, 5) is 2.17. The summed E-state index contributed by atoms with van der Waals surface area (Å²) in [6.07, 6.45) is 0.998. The molecular formula is C14H23NO2. The predicted octanol–water partition coefficient (Wildman–Crippen LogP) is 2.54. The molecule has 1 unspecified atom stereocenters. The number of rotatable bonds is 7. The topological polar surface area (TPSA) is 32.7 Å². The first-order chi connectivity index (χ1) is 8.21. The molecule has 17 heavy (non-hydrogen) atoms. The van der Waals surface area contributed by atoms with E-state index < -0.39 is 0 Å². The summed E-state index contributed by atoms with van der Waals surface area (Å²) in [7, 11) is 2.05. The quantitative estimate of drug-likeness (QED) is 0.791. The van der Waals surface area contributed by atoms with Crippen LogP contribution in [0.4, 0.5) is 5.69 Å². The van der Waals surface area contributed by atoms with Crippen molar-refractivity contribution in [2.24, 2.45) is 5.92 Å². The molecule has 1 N–H and O–H groups in total. The molecule has 3 heteroatoms. The van der Waals surface area contributed by atoms with Gasteiger partial charge in [0.1, 0.15) is 5.75 Å². The number of ether oxygens (including phenoxy) is 1. The van der Waals surface area contributed by atoms with Gasteiger partial charge in [-0.2, -0.15) is 0 Å². The van der Waals surface area contributed by atoms with Crippen LogP contribution >= 0.6 is 0 Å². The second-order valence-electron chi connectivity index (χ2n) is 4.26. The molecule has 3 nitrogen and oxygen atoms in total. The van der Waals surface area contributed by atoms with Crippen LogP contribution < -0.4 is 9.64 Å². The molecule has 0 aliphatic carbocycles. The van der Waals surface area contributed by atoms with Gasteiger partial charge in [0.15, 0.2) is 0 Å². The molecule has 0 spiro atoms. The second kappa shape index (κ2) is 7.17. The molecule has 0 heterocycles. The van der Waals surface area contributed by atoms with Crippen LogP contribution in [-0.2, 0) is 0 Å². The van der Waals surface area contributed by atoms with Gasteiger partial charge in [0.25, 0.3) is 0 Å². The minimum absolute atomic E-state index is 0.248. The highest BCUT2D eigenvalue weighted by Gasteiger charge is 2.09. The van der Waals surface area contributed by atoms with E-state index in [0.717, 1.165) is 24.4 Å². The summed E-state index contributed by atoms with van der Waals surface area (Å²) in [5.41, 5.74) is 1.15. The maximum atomic E-state index is 9.19. The number of nitrogens with zero attached hydrogens (tertiary/aromatic N) is 1. The Morgan fingerprint density at radius 1 is 1.24 bits per heavy atom. The Morgan fingerprint density at radius 2 is 1.88 bits per heavy atom.